The molecule has 0 atom stereocenters. The highest BCUT2D eigenvalue weighted by Crippen LogP contribution is 2.40. The summed E-state index contributed by atoms with van der Waals surface area (Å²) in [6.45, 7) is 3.82. The molecule has 0 spiro atoms. The van der Waals surface area contributed by atoms with Crippen molar-refractivity contribution >= 4 is 5.82 Å². The Kier molecular flexibility index (Phi) is 2.30. The van der Waals surface area contributed by atoms with Crippen molar-refractivity contribution in [2.75, 3.05) is 18.0 Å². The van der Waals surface area contributed by atoms with E-state index in [4.69, 9.17) is 0 Å². The molecule has 2 aromatic heterocycles. The topological polar surface area (TPSA) is 70.6 Å². The third kappa shape index (κ3) is 1.97. The second kappa shape index (κ2) is 4.01. The summed E-state index contributed by atoms with van der Waals surface area (Å²) < 4.78 is 0. The van der Waals surface area contributed by atoms with Gasteiger partial charge in [0.15, 0.2) is 5.82 Å². The molecule has 6 heteroatoms. The lowest BCUT2D eigenvalue weighted by molar-refractivity contribution is 0.497. The molecule has 1 saturated carbocycles. The second-order valence-electron chi connectivity index (χ2n) is 5.46. The fourth-order valence-electron chi connectivity index (χ4n) is 2.51. The molecule has 2 aliphatic rings. The summed E-state index contributed by atoms with van der Waals surface area (Å²) in [5.41, 5.74) is 1.20. The van der Waals surface area contributed by atoms with Gasteiger partial charge in [-0.2, -0.15) is 5.10 Å². The van der Waals surface area contributed by atoms with Gasteiger partial charge in [0.2, 0.25) is 0 Å². The van der Waals surface area contributed by atoms with Gasteiger partial charge in [-0.05, 0) is 19.8 Å². The van der Waals surface area contributed by atoms with E-state index in [9.17, 15) is 0 Å². The van der Waals surface area contributed by atoms with Gasteiger partial charge in [-0.3, -0.25) is 5.10 Å². The van der Waals surface area contributed by atoms with Crippen LogP contribution in [0, 0.1) is 6.92 Å². The van der Waals surface area contributed by atoms with Crippen molar-refractivity contribution in [3.63, 3.8) is 0 Å². The minimum atomic E-state index is 0.421. The number of hydrogen-bond acceptors (Lipinski definition) is 5. The van der Waals surface area contributed by atoms with Crippen molar-refractivity contribution in [1.29, 1.82) is 0 Å². The zero-order valence-corrected chi connectivity index (χ0v) is 10.9. The highest BCUT2D eigenvalue weighted by Gasteiger charge is 2.33. The van der Waals surface area contributed by atoms with Crippen LogP contribution < -0.4 is 4.90 Å². The van der Waals surface area contributed by atoms with Crippen LogP contribution in [0.1, 0.15) is 42.0 Å². The maximum absolute atomic E-state index is 4.39. The summed E-state index contributed by atoms with van der Waals surface area (Å²) in [6, 6.07) is 2.14. The van der Waals surface area contributed by atoms with Gasteiger partial charge in [0.1, 0.15) is 18.0 Å². The van der Waals surface area contributed by atoms with E-state index >= 15 is 0 Å². The molecule has 0 amide bonds. The summed E-state index contributed by atoms with van der Waals surface area (Å²) in [4.78, 5) is 15.4. The molecule has 0 bridgehead atoms. The van der Waals surface area contributed by atoms with Gasteiger partial charge in [-0.15, -0.1) is 0 Å². The number of aromatic nitrogens is 5. The fourth-order valence-corrected chi connectivity index (χ4v) is 2.51. The second-order valence-corrected chi connectivity index (χ2v) is 5.46. The molecule has 98 valence electrons. The minimum Gasteiger partial charge on any atom is -0.355 e. The van der Waals surface area contributed by atoms with E-state index < -0.39 is 0 Å². The molecular weight excluding hydrogens is 240 g/mol. The Labute approximate surface area is 111 Å². The van der Waals surface area contributed by atoms with Crippen LogP contribution in [0.2, 0.25) is 0 Å². The normalized spacial score (nSPS) is 19.5. The van der Waals surface area contributed by atoms with Gasteiger partial charge in [0.25, 0.3) is 0 Å². The molecule has 0 aromatic carbocycles. The Morgan fingerprint density at radius 2 is 2.05 bits per heavy atom. The van der Waals surface area contributed by atoms with Crippen LogP contribution in [0.25, 0.3) is 0 Å². The zero-order valence-electron chi connectivity index (χ0n) is 10.9. The smallest absolute Gasteiger partial charge is 0.157 e. The summed E-state index contributed by atoms with van der Waals surface area (Å²) in [5.74, 6) is 3.94. The van der Waals surface area contributed by atoms with Gasteiger partial charge >= 0.3 is 0 Å². The third-order valence-electron chi connectivity index (χ3n) is 3.85. The predicted octanol–water partition coefficient (Wildman–Crippen LogP) is 1.38. The minimum absolute atomic E-state index is 0.421. The van der Waals surface area contributed by atoms with E-state index in [-0.39, 0.29) is 0 Å². The van der Waals surface area contributed by atoms with Crippen LogP contribution in [0.3, 0.4) is 0 Å². The fraction of sp³-hybridized carbons (Fsp3) is 0.538. The molecule has 1 aliphatic carbocycles. The molecule has 6 nitrogen and oxygen atoms in total. The maximum Gasteiger partial charge on any atom is 0.157 e. The average Bonchev–Trinajstić information content (AvgIpc) is 3.12. The van der Waals surface area contributed by atoms with Crippen molar-refractivity contribution in [3.8, 4) is 0 Å². The monoisotopic (exact) mass is 256 g/mol. The molecule has 4 rings (SSSR count). The first-order valence-corrected chi connectivity index (χ1v) is 6.75. The Morgan fingerprint density at radius 3 is 2.74 bits per heavy atom. The molecule has 1 N–H and O–H groups in total. The van der Waals surface area contributed by atoms with Crippen LogP contribution in [0.5, 0.6) is 0 Å². The first kappa shape index (κ1) is 10.9. The zero-order chi connectivity index (χ0) is 12.8. The number of nitrogens with zero attached hydrogens (tertiary/aromatic N) is 5. The van der Waals surface area contributed by atoms with Gasteiger partial charge in [-0.1, -0.05) is 0 Å². The van der Waals surface area contributed by atoms with Crippen molar-refractivity contribution in [3.05, 3.63) is 29.7 Å². The van der Waals surface area contributed by atoms with Gasteiger partial charge in [0, 0.05) is 30.8 Å². The van der Waals surface area contributed by atoms with Gasteiger partial charge < -0.3 is 4.90 Å². The van der Waals surface area contributed by atoms with Crippen LogP contribution in [-0.2, 0) is 0 Å². The summed E-state index contributed by atoms with van der Waals surface area (Å²) >= 11 is 0. The highest BCUT2D eigenvalue weighted by molar-refractivity contribution is 5.44. The number of nitrogens with one attached hydrogen (secondary N) is 1. The molecule has 0 unspecified atom stereocenters. The van der Waals surface area contributed by atoms with Crippen LogP contribution in [0.4, 0.5) is 5.82 Å². The lowest BCUT2D eigenvalue weighted by Gasteiger charge is -2.38. The van der Waals surface area contributed by atoms with Crippen LogP contribution in [-0.4, -0.2) is 38.2 Å². The first-order chi connectivity index (χ1) is 9.29. The van der Waals surface area contributed by atoms with Gasteiger partial charge in [-0.25, -0.2) is 15.0 Å². The number of anilines is 1. The first-order valence-electron chi connectivity index (χ1n) is 6.75. The molecule has 19 heavy (non-hydrogen) atoms. The van der Waals surface area contributed by atoms with Gasteiger partial charge in [0.05, 0.1) is 5.92 Å². The van der Waals surface area contributed by atoms with Crippen LogP contribution >= 0.6 is 0 Å². The SMILES string of the molecule is Cc1nc(C2CN(c3cc(C4CC4)ncn3)C2)n[nH]1. The van der Waals surface area contributed by atoms with E-state index in [1.165, 1.54) is 18.5 Å². The lowest BCUT2D eigenvalue weighted by Crippen LogP contribution is -2.46. The lowest BCUT2D eigenvalue weighted by atomic mass is 9.99. The molecule has 2 fully saturated rings. The molecule has 2 aromatic rings. The molecule has 1 saturated heterocycles. The number of H-pyrrole nitrogens is 1. The number of rotatable bonds is 3. The van der Waals surface area contributed by atoms with E-state index in [0.717, 1.165) is 30.6 Å². The predicted molar refractivity (Wildman–Crippen MR) is 70.1 cm³/mol. The average molecular weight is 256 g/mol. The maximum atomic E-state index is 4.39. The number of aromatic amines is 1. The van der Waals surface area contributed by atoms with Crippen molar-refractivity contribution in [2.45, 2.75) is 31.6 Å². The Morgan fingerprint density at radius 1 is 1.21 bits per heavy atom. The molecular formula is C13H16N6. The molecule has 0 radical (unpaired) electrons. The molecule has 3 heterocycles. The molecule has 1 aliphatic heterocycles. The van der Waals surface area contributed by atoms with E-state index in [0.29, 0.717) is 11.8 Å². The number of hydrogen-bond donors (Lipinski definition) is 1. The van der Waals surface area contributed by atoms with Crippen molar-refractivity contribution in [2.24, 2.45) is 0 Å². The Bertz CT molecular complexity index is 597. The summed E-state index contributed by atoms with van der Waals surface area (Å²) in [5, 5.41) is 7.13. The Balaban J connectivity index is 1.46. The highest BCUT2D eigenvalue weighted by atomic mass is 15.3. The quantitative estimate of drug-likeness (QED) is 0.898. The largest absolute Gasteiger partial charge is 0.355 e. The van der Waals surface area contributed by atoms with Crippen LogP contribution in [0.15, 0.2) is 12.4 Å². The van der Waals surface area contributed by atoms with Crippen molar-refractivity contribution < 1.29 is 0 Å². The summed E-state index contributed by atoms with van der Waals surface area (Å²) in [7, 11) is 0. The van der Waals surface area contributed by atoms with E-state index in [1.807, 2.05) is 6.92 Å². The Hall–Kier alpha value is -1.98. The number of aryl methyl sites for hydroxylation is 1. The van der Waals surface area contributed by atoms with E-state index in [1.54, 1.807) is 6.33 Å². The van der Waals surface area contributed by atoms with Crippen molar-refractivity contribution in [1.82, 2.24) is 25.1 Å². The van der Waals surface area contributed by atoms with E-state index in [2.05, 4.69) is 36.1 Å². The third-order valence-corrected chi connectivity index (χ3v) is 3.85. The standard InChI is InChI=1S/C13H16N6/c1-8-16-13(18-17-8)10-5-19(6-10)12-4-11(9-2-3-9)14-7-15-12/h4,7,9-10H,2-3,5-6H2,1H3,(H,16,17,18). The summed E-state index contributed by atoms with van der Waals surface area (Å²) in [6.07, 6.45) is 4.23.